The lowest BCUT2D eigenvalue weighted by Gasteiger charge is -2.15. The summed E-state index contributed by atoms with van der Waals surface area (Å²) < 4.78 is 1.11. The molecular weight excluding hydrogens is 344 g/mol. The first-order chi connectivity index (χ1) is 10.2. The van der Waals surface area contributed by atoms with Gasteiger partial charge in [-0.15, -0.1) is 11.6 Å². The van der Waals surface area contributed by atoms with Gasteiger partial charge in [-0.05, 0) is 46.9 Å². The normalized spacial score (nSPS) is 12.5. The molecule has 0 spiro atoms. The Morgan fingerprint density at radius 1 is 0.905 bits per heavy atom. The molecule has 2 heteroatoms. The van der Waals surface area contributed by atoms with E-state index in [1.807, 2.05) is 0 Å². The number of halogens is 2. The topological polar surface area (TPSA) is 0 Å². The van der Waals surface area contributed by atoms with Gasteiger partial charge >= 0.3 is 0 Å². The van der Waals surface area contributed by atoms with Gasteiger partial charge in [0.1, 0.15) is 0 Å². The molecule has 0 N–H and O–H groups in total. The molecule has 3 rings (SSSR count). The van der Waals surface area contributed by atoms with Gasteiger partial charge in [-0.2, -0.15) is 0 Å². The average molecular weight is 360 g/mol. The Morgan fingerprint density at radius 3 is 2.33 bits per heavy atom. The molecule has 0 aliphatic carbocycles. The summed E-state index contributed by atoms with van der Waals surface area (Å²) in [6.45, 7) is 2.14. The Hall–Kier alpha value is -1.31. The average Bonchev–Trinajstić information content (AvgIpc) is 2.50. The van der Waals surface area contributed by atoms with Crippen molar-refractivity contribution in [1.82, 2.24) is 0 Å². The Balaban J connectivity index is 2.01. The van der Waals surface area contributed by atoms with Crippen LogP contribution in [-0.2, 0) is 6.42 Å². The number of alkyl halides is 1. The van der Waals surface area contributed by atoms with Gasteiger partial charge in [0, 0.05) is 4.47 Å². The Kier molecular flexibility index (Phi) is 4.32. The van der Waals surface area contributed by atoms with Crippen molar-refractivity contribution in [2.75, 3.05) is 0 Å². The molecule has 0 fully saturated rings. The van der Waals surface area contributed by atoms with Crippen LogP contribution in [0.15, 0.2) is 65.1 Å². The Labute approximate surface area is 138 Å². The molecule has 0 aromatic heterocycles. The minimum Gasteiger partial charge on any atom is -0.117 e. The molecule has 3 aromatic rings. The number of aryl methyl sites for hydroxylation is 1. The summed E-state index contributed by atoms with van der Waals surface area (Å²) in [5.74, 6) is 0. The smallest absolute Gasteiger partial charge is 0.0631 e. The van der Waals surface area contributed by atoms with Crippen LogP contribution in [0, 0.1) is 6.92 Å². The summed E-state index contributed by atoms with van der Waals surface area (Å²) in [6, 6.07) is 21.0. The zero-order valence-corrected chi connectivity index (χ0v) is 14.2. The highest BCUT2D eigenvalue weighted by Gasteiger charge is 2.14. The fourth-order valence-electron chi connectivity index (χ4n) is 2.70. The molecular formula is C19H16BrCl. The van der Waals surface area contributed by atoms with Crippen LogP contribution in [0.5, 0.6) is 0 Å². The summed E-state index contributed by atoms with van der Waals surface area (Å²) in [7, 11) is 0. The van der Waals surface area contributed by atoms with Gasteiger partial charge in [-0.1, -0.05) is 70.5 Å². The van der Waals surface area contributed by atoms with Gasteiger partial charge < -0.3 is 0 Å². The first-order valence-electron chi connectivity index (χ1n) is 7.02. The lowest BCUT2D eigenvalue weighted by Crippen LogP contribution is -1.99. The number of rotatable bonds is 3. The number of hydrogen-bond acceptors (Lipinski definition) is 0. The molecule has 0 aliphatic heterocycles. The largest absolute Gasteiger partial charge is 0.117 e. The highest BCUT2D eigenvalue weighted by Crippen LogP contribution is 2.34. The highest BCUT2D eigenvalue weighted by molar-refractivity contribution is 9.10. The van der Waals surface area contributed by atoms with Gasteiger partial charge in [0.25, 0.3) is 0 Å². The van der Waals surface area contributed by atoms with E-state index >= 15 is 0 Å². The Morgan fingerprint density at radius 2 is 1.57 bits per heavy atom. The zero-order chi connectivity index (χ0) is 14.8. The SMILES string of the molecule is Cc1ccccc1CC(Cl)c1ccc(Br)c2ccccc12. The first kappa shape index (κ1) is 14.6. The summed E-state index contributed by atoms with van der Waals surface area (Å²) in [4.78, 5) is 0. The van der Waals surface area contributed by atoms with Crippen molar-refractivity contribution in [3.8, 4) is 0 Å². The summed E-state index contributed by atoms with van der Waals surface area (Å²) in [6.07, 6.45) is 0.847. The molecule has 0 radical (unpaired) electrons. The highest BCUT2D eigenvalue weighted by atomic mass is 79.9. The second-order valence-corrected chi connectivity index (χ2v) is 6.66. The van der Waals surface area contributed by atoms with Crippen LogP contribution < -0.4 is 0 Å². The molecule has 3 aromatic carbocycles. The van der Waals surface area contributed by atoms with Crippen LogP contribution in [0.3, 0.4) is 0 Å². The molecule has 0 aliphatic rings. The molecule has 0 amide bonds. The van der Waals surface area contributed by atoms with Crippen LogP contribution in [0.25, 0.3) is 10.8 Å². The monoisotopic (exact) mass is 358 g/mol. The molecule has 0 saturated carbocycles. The standard InChI is InChI=1S/C19H16BrCl/c1-13-6-2-3-7-14(13)12-19(21)17-10-11-18(20)16-9-5-4-8-15(16)17/h2-11,19H,12H2,1H3. The molecule has 1 atom stereocenters. The van der Waals surface area contributed by atoms with E-state index in [0.717, 1.165) is 10.9 Å². The number of hydrogen-bond donors (Lipinski definition) is 0. The molecule has 0 nitrogen and oxygen atoms in total. The lowest BCUT2D eigenvalue weighted by molar-refractivity contribution is 0.919. The van der Waals surface area contributed by atoms with Crippen molar-refractivity contribution in [3.05, 3.63) is 81.8 Å². The minimum atomic E-state index is -0.0240. The minimum absolute atomic E-state index is 0.0240. The number of benzene rings is 3. The fourth-order valence-corrected chi connectivity index (χ4v) is 3.54. The van der Waals surface area contributed by atoms with Crippen molar-refractivity contribution >= 4 is 38.3 Å². The van der Waals surface area contributed by atoms with E-state index < -0.39 is 0 Å². The second kappa shape index (κ2) is 6.21. The number of fused-ring (bicyclic) bond motifs is 1. The quantitative estimate of drug-likeness (QED) is 0.472. The third-order valence-electron chi connectivity index (χ3n) is 3.90. The van der Waals surface area contributed by atoms with Crippen molar-refractivity contribution in [2.45, 2.75) is 18.7 Å². The molecule has 0 heterocycles. The van der Waals surface area contributed by atoms with E-state index in [-0.39, 0.29) is 5.38 Å². The fraction of sp³-hybridized carbons (Fsp3) is 0.158. The third kappa shape index (κ3) is 3.00. The maximum Gasteiger partial charge on any atom is 0.0631 e. The molecule has 0 bridgehead atoms. The molecule has 1 unspecified atom stereocenters. The maximum absolute atomic E-state index is 6.73. The lowest BCUT2D eigenvalue weighted by atomic mass is 9.96. The first-order valence-corrected chi connectivity index (χ1v) is 8.25. The zero-order valence-electron chi connectivity index (χ0n) is 11.8. The summed E-state index contributed by atoms with van der Waals surface area (Å²) in [5.41, 5.74) is 3.80. The van der Waals surface area contributed by atoms with Gasteiger partial charge in [0.05, 0.1) is 5.38 Å². The maximum atomic E-state index is 6.73. The van der Waals surface area contributed by atoms with Crippen molar-refractivity contribution in [1.29, 1.82) is 0 Å². The van der Waals surface area contributed by atoms with Gasteiger partial charge in [-0.25, -0.2) is 0 Å². The van der Waals surface area contributed by atoms with E-state index in [9.17, 15) is 0 Å². The summed E-state index contributed by atoms with van der Waals surface area (Å²) in [5, 5.41) is 2.41. The van der Waals surface area contributed by atoms with E-state index in [2.05, 4.69) is 83.5 Å². The van der Waals surface area contributed by atoms with Crippen LogP contribution >= 0.6 is 27.5 Å². The van der Waals surface area contributed by atoms with Crippen LogP contribution in [-0.4, -0.2) is 0 Å². The van der Waals surface area contributed by atoms with E-state index in [1.54, 1.807) is 0 Å². The third-order valence-corrected chi connectivity index (χ3v) is 4.98. The van der Waals surface area contributed by atoms with Crippen molar-refractivity contribution < 1.29 is 0 Å². The van der Waals surface area contributed by atoms with E-state index in [1.165, 1.54) is 27.5 Å². The van der Waals surface area contributed by atoms with Gasteiger partial charge in [-0.3, -0.25) is 0 Å². The van der Waals surface area contributed by atoms with Crippen molar-refractivity contribution in [2.24, 2.45) is 0 Å². The molecule has 21 heavy (non-hydrogen) atoms. The van der Waals surface area contributed by atoms with Crippen LogP contribution in [0.2, 0.25) is 0 Å². The van der Waals surface area contributed by atoms with Gasteiger partial charge in [0.15, 0.2) is 0 Å². The molecule has 106 valence electrons. The van der Waals surface area contributed by atoms with Crippen molar-refractivity contribution in [3.63, 3.8) is 0 Å². The predicted octanol–water partition coefficient (Wildman–Crippen LogP) is 6.43. The van der Waals surface area contributed by atoms with Crippen LogP contribution in [0.1, 0.15) is 22.1 Å². The van der Waals surface area contributed by atoms with E-state index in [4.69, 9.17) is 11.6 Å². The Bertz CT molecular complexity index is 779. The van der Waals surface area contributed by atoms with E-state index in [0.29, 0.717) is 0 Å². The molecule has 0 saturated heterocycles. The summed E-state index contributed by atoms with van der Waals surface area (Å²) >= 11 is 10.3. The second-order valence-electron chi connectivity index (χ2n) is 5.28. The predicted molar refractivity (Wildman–Crippen MR) is 95.1 cm³/mol. The van der Waals surface area contributed by atoms with Gasteiger partial charge in [0.2, 0.25) is 0 Å². The van der Waals surface area contributed by atoms with Crippen LogP contribution in [0.4, 0.5) is 0 Å².